The third-order valence-electron chi connectivity index (χ3n) is 4.84. The van der Waals surface area contributed by atoms with Gasteiger partial charge in [-0.15, -0.1) is 0 Å². The van der Waals surface area contributed by atoms with E-state index < -0.39 is 37.0 Å². The summed E-state index contributed by atoms with van der Waals surface area (Å²) < 4.78 is 37.5. The number of hydrogen-bond donors (Lipinski definition) is 0. The van der Waals surface area contributed by atoms with Gasteiger partial charge in [0, 0.05) is 10.5 Å². The SMILES string of the molecule is [N-]=[N+]=N[C@@H]1[C@H]2OC(c3ccccc3)OC[C@H]2O[C@H](F)[C@H]1OCc1ccccc1. The zero-order valence-corrected chi connectivity index (χ0v) is 15.0. The molecule has 8 heteroatoms. The molecule has 0 aromatic heterocycles. The lowest BCUT2D eigenvalue weighted by Gasteiger charge is -2.46. The van der Waals surface area contributed by atoms with E-state index in [0.717, 1.165) is 11.1 Å². The summed E-state index contributed by atoms with van der Waals surface area (Å²) in [6.07, 6.45) is -4.83. The first kappa shape index (κ1) is 18.9. The van der Waals surface area contributed by atoms with E-state index >= 15 is 0 Å². The first-order valence-corrected chi connectivity index (χ1v) is 9.07. The highest BCUT2D eigenvalue weighted by Gasteiger charge is 2.50. The van der Waals surface area contributed by atoms with Gasteiger partial charge in [0.2, 0.25) is 6.36 Å². The van der Waals surface area contributed by atoms with Gasteiger partial charge in [-0.1, -0.05) is 65.8 Å². The Labute approximate surface area is 161 Å². The van der Waals surface area contributed by atoms with Gasteiger partial charge in [-0.2, -0.15) is 0 Å². The molecule has 0 radical (unpaired) electrons. The number of fused-ring (bicyclic) bond motifs is 1. The van der Waals surface area contributed by atoms with Crippen molar-refractivity contribution in [1.82, 2.24) is 0 Å². The van der Waals surface area contributed by atoms with Crippen molar-refractivity contribution in [1.29, 1.82) is 0 Å². The molecule has 0 spiro atoms. The topological polar surface area (TPSA) is 85.7 Å². The molecule has 2 aromatic carbocycles. The fourth-order valence-corrected chi connectivity index (χ4v) is 3.47. The second-order valence-corrected chi connectivity index (χ2v) is 6.66. The van der Waals surface area contributed by atoms with Crippen LogP contribution in [0.5, 0.6) is 0 Å². The fraction of sp³-hybridized carbons (Fsp3) is 0.400. The first-order valence-electron chi connectivity index (χ1n) is 9.07. The normalized spacial score (nSPS) is 32.2. The standard InChI is InChI=1S/C20H20FN3O4/c21-19-18(25-11-13-7-3-1-4-8-13)16(23-24-22)17-15(27-19)12-26-20(28-17)14-9-5-2-6-10-14/h1-10,15-20H,11-12H2/t15-,16-,17+,18+,19+,20?/m1/s1. The smallest absolute Gasteiger partial charge is 0.226 e. The van der Waals surface area contributed by atoms with E-state index in [4.69, 9.17) is 24.5 Å². The van der Waals surface area contributed by atoms with Crippen LogP contribution >= 0.6 is 0 Å². The van der Waals surface area contributed by atoms with Gasteiger partial charge >= 0.3 is 0 Å². The van der Waals surface area contributed by atoms with E-state index in [2.05, 4.69) is 10.0 Å². The van der Waals surface area contributed by atoms with Crippen LogP contribution in [0.25, 0.3) is 10.4 Å². The average molecular weight is 385 g/mol. The van der Waals surface area contributed by atoms with Gasteiger partial charge in [0.1, 0.15) is 18.3 Å². The van der Waals surface area contributed by atoms with Crippen LogP contribution in [0.4, 0.5) is 4.39 Å². The molecule has 6 atom stereocenters. The molecule has 4 rings (SSSR count). The molecule has 0 saturated carbocycles. The number of ether oxygens (including phenoxy) is 4. The molecule has 0 N–H and O–H groups in total. The van der Waals surface area contributed by atoms with E-state index in [0.29, 0.717) is 0 Å². The summed E-state index contributed by atoms with van der Waals surface area (Å²) in [5, 5.41) is 3.80. The highest BCUT2D eigenvalue weighted by Crippen LogP contribution is 2.36. The molecule has 0 aliphatic carbocycles. The van der Waals surface area contributed by atoms with Crippen molar-refractivity contribution >= 4 is 0 Å². The second kappa shape index (κ2) is 8.68. The Bertz CT molecular complexity index is 819. The van der Waals surface area contributed by atoms with E-state index in [1.54, 1.807) is 0 Å². The maximum Gasteiger partial charge on any atom is 0.226 e. The molecule has 28 heavy (non-hydrogen) atoms. The van der Waals surface area contributed by atoms with Gasteiger partial charge in [0.25, 0.3) is 0 Å². The van der Waals surface area contributed by atoms with E-state index in [1.807, 2.05) is 60.7 Å². The summed E-state index contributed by atoms with van der Waals surface area (Å²) >= 11 is 0. The number of hydrogen-bond acceptors (Lipinski definition) is 5. The minimum atomic E-state index is -1.75. The number of azide groups is 1. The lowest BCUT2D eigenvalue weighted by Crippen LogP contribution is -2.60. The maximum absolute atomic E-state index is 14.7. The number of alkyl halides is 1. The second-order valence-electron chi connectivity index (χ2n) is 6.66. The molecule has 2 fully saturated rings. The van der Waals surface area contributed by atoms with Crippen LogP contribution in [0.2, 0.25) is 0 Å². The van der Waals surface area contributed by atoms with Gasteiger partial charge in [0.05, 0.1) is 19.3 Å². The van der Waals surface area contributed by atoms with Gasteiger partial charge < -0.3 is 18.9 Å². The molecule has 2 saturated heterocycles. The van der Waals surface area contributed by atoms with Crippen LogP contribution < -0.4 is 0 Å². The van der Waals surface area contributed by atoms with Gasteiger partial charge in [-0.25, -0.2) is 4.39 Å². The summed E-state index contributed by atoms with van der Waals surface area (Å²) in [5.41, 5.74) is 10.7. The van der Waals surface area contributed by atoms with Crippen LogP contribution in [0.1, 0.15) is 17.4 Å². The predicted molar refractivity (Wildman–Crippen MR) is 97.7 cm³/mol. The van der Waals surface area contributed by atoms with Crippen molar-refractivity contribution in [3.05, 3.63) is 82.2 Å². The molecular formula is C20H20FN3O4. The zero-order chi connectivity index (χ0) is 19.3. The summed E-state index contributed by atoms with van der Waals surface area (Å²) in [6, 6.07) is 17.9. The lowest BCUT2D eigenvalue weighted by atomic mass is 9.96. The molecule has 146 valence electrons. The minimum absolute atomic E-state index is 0.132. The first-order chi connectivity index (χ1) is 13.8. The van der Waals surface area contributed by atoms with Crippen LogP contribution in [-0.4, -0.2) is 37.3 Å². The quantitative estimate of drug-likeness (QED) is 0.441. The van der Waals surface area contributed by atoms with Crippen molar-refractivity contribution in [2.45, 2.75) is 43.6 Å². The highest BCUT2D eigenvalue weighted by atomic mass is 19.1. The third-order valence-corrected chi connectivity index (χ3v) is 4.84. The fourth-order valence-electron chi connectivity index (χ4n) is 3.47. The Balaban J connectivity index is 1.52. The Morgan fingerprint density at radius 3 is 2.50 bits per heavy atom. The van der Waals surface area contributed by atoms with Crippen LogP contribution in [0, 0.1) is 0 Å². The van der Waals surface area contributed by atoms with E-state index in [9.17, 15) is 4.39 Å². The molecule has 1 unspecified atom stereocenters. The Morgan fingerprint density at radius 1 is 1.07 bits per heavy atom. The minimum Gasteiger partial charge on any atom is -0.367 e. The van der Waals surface area contributed by atoms with Crippen molar-refractivity contribution in [3.63, 3.8) is 0 Å². The number of benzene rings is 2. The van der Waals surface area contributed by atoms with Crippen LogP contribution in [-0.2, 0) is 25.6 Å². The van der Waals surface area contributed by atoms with Crippen molar-refractivity contribution in [3.8, 4) is 0 Å². The largest absolute Gasteiger partial charge is 0.367 e. The molecule has 2 aliphatic heterocycles. The molecular weight excluding hydrogens is 365 g/mol. The molecule has 0 amide bonds. The highest BCUT2D eigenvalue weighted by molar-refractivity contribution is 5.17. The molecule has 2 heterocycles. The Hall–Kier alpha value is -2.48. The van der Waals surface area contributed by atoms with Crippen LogP contribution in [0.15, 0.2) is 65.8 Å². The summed E-state index contributed by atoms with van der Waals surface area (Å²) in [5.74, 6) is 0. The Kier molecular flexibility index (Phi) is 5.85. The monoisotopic (exact) mass is 385 g/mol. The maximum atomic E-state index is 14.7. The lowest BCUT2D eigenvalue weighted by molar-refractivity contribution is -0.327. The van der Waals surface area contributed by atoms with Crippen LogP contribution in [0.3, 0.4) is 0 Å². The molecule has 2 aromatic rings. The Morgan fingerprint density at radius 2 is 1.79 bits per heavy atom. The van der Waals surface area contributed by atoms with Gasteiger partial charge in [0.15, 0.2) is 6.29 Å². The predicted octanol–water partition coefficient (Wildman–Crippen LogP) is 4.06. The summed E-state index contributed by atoms with van der Waals surface area (Å²) in [7, 11) is 0. The average Bonchev–Trinajstić information content (AvgIpc) is 2.74. The van der Waals surface area contributed by atoms with Gasteiger partial charge in [-0.05, 0) is 11.1 Å². The number of halogens is 1. The third kappa shape index (κ3) is 4.01. The zero-order valence-electron chi connectivity index (χ0n) is 15.0. The van der Waals surface area contributed by atoms with E-state index in [-0.39, 0.29) is 13.2 Å². The molecule has 7 nitrogen and oxygen atoms in total. The summed E-state index contributed by atoms with van der Waals surface area (Å²) in [6.45, 7) is 0.302. The van der Waals surface area contributed by atoms with Crippen molar-refractivity contribution < 1.29 is 23.3 Å². The van der Waals surface area contributed by atoms with E-state index in [1.165, 1.54) is 0 Å². The molecule has 0 bridgehead atoms. The van der Waals surface area contributed by atoms with Crippen molar-refractivity contribution in [2.75, 3.05) is 6.61 Å². The number of nitrogens with zero attached hydrogens (tertiary/aromatic N) is 3. The summed E-state index contributed by atoms with van der Waals surface area (Å²) in [4.78, 5) is 2.89. The van der Waals surface area contributed by atoms with Gasteiger partial charge in [-0.3, -0.25) is 0 Å². The number of rotatable bonds is 5. The van der Waals surface area contributed by atoms with Crippen molar-refractivity contribution in [2.24, 2.45) is 5.11 Å². The molecule has 2 aliphatic rings.